The largest absolute Gasteiger partial charge is 0.460 e. The number of aliphatic hydroxyl groups excluding tert-OH is 1. The highest BCUT2D eigenvalue weighted by molar-refractivity contribution is 6.34. The molecule has 2 heterocycles. The number of nitrogens with one attached hydrogen (secondary N) is 1. The molecule has 0 aliphatic carbocycles. The lowest BCUT2D eigenvalue weighted by atomic mass is 9.89. The van der Waals surface area contributed by atoms with Crippen molar-refractivity contribution >= 4 is 22.6 Å². The number of halogens is 1. The highest BCUT2D eigenvalue weighted by atomic mass is 35.5. The Balaban J connectivity index is 1.88. The molecule has 5 heteroatoms. The number of hydrogen-bond donors (Lipinski definition) is 2. The summed E-state index contributed by atoms with van der Waals surface area (Å²) in [5, 5.41) is 14.4. The Bertz CT molecular complexity index is 575. The van der Waals surface area contributed by atoms with E-state index in [0.717, 1.165) is 23.2 Å². The van der Waals surface area contributed by atoms with Crippen LogP contribution in [0.2, 0.25) is 5.15 Å². The van der Waals surface area contributed by atoms with Gasteiger partial charge in [0, 0.05) is 12.7 Å². The molecule has 0 radical (unpaired) electrons. The van der Waals surface area contributed by atoms with Crippen molar-refractivity contribution in [3.8, 4) is 0 Å². The molecule has 0 aliphatic rings. The second-order valence-corrected chi connectivity index (χ2v) is 6.63. The molecule has 0 saturated carbocycles. The topological polar surface area (TPSA) is 58.3 Å². The van der Waals surface area contributed by atoms with Crippen molar-refractivity contribution < 1.29 is 9.52 Å². The van der Waals surface area contributed by atoms with Crippen molar-refractivity contribution in [2.45, 2.75) is 39.8 Å². The lowest BCUT2D eigenvalue weighted by Crippen LogP contribution is -2.29. The summed E-state index contributed by atoms with van der Waals surface area (Å²) in [6.07, 6.45) is 2.03. The fraction of sp³-hybridized carbons (Fsp3) is 0.533. The maximum absolute atomic E-state index is 9.92. The number of fused-ring (bicyclic) bond motifs is 1. The van der Waals surface area contributed by atoms with E-state index in [1.54, 1.807) is 12.3 Å². The number of aliphatic hydroxyl groups is 1. The Hall–Kier alpha value is -1.10. The van der Waals surface area contributed by atoms with Gasteiger partial charge in [-0.1, -0.05) is 32.4 Å². The molecular weight excluding hydrogens is 276 g/mol. The number of hydrogen-bond acceptors (Lipinski definition) is 4. The summed E-state index contributed by atoms with van der Waals surface area (Å²) in [6.45, 7) is 7.45. The second kappa shape index (κ2) is 6.12. The first-order valence-corrected chi connectivity index (χ1v) is 7.15. The molecule has 0 unspecified atom stereocenters. The van der Waals surface area contributed by atoms with Crippen molar-refractivity contribution in [2.75, 3.05) is 6.54 Å². The van der Waals surface area contributed by atoms with Gasteiger partial charge < -0.3 is 14.8 Å². The van der Waals surface area contributed by atoms with Crippen LogP contribution in [0.25, 0.3) is 11.0 Å². The van der Waals surface area contributed by atoms with E-state index in [1.807, 2.05) is 6.07 Å². The number of pyridine rings is 1. The van der Waals surface area contributed by atoms with Crippen LogP contribution >= 0.6 is 11.6 Å². The van der Waals surface area contributed by atoms with Crippen LogP contribution < -0.4 is 5.32 Å². The maximum Gasteiger partial charge on any atom is 0.140 e. The highest BCUT2D eigenvalue weighted by Crippen LogP contribution is 2.24. The fourth-order valence-electron chi connectivity index (χ4n) is 2.21. The Morgan fingerprint density at radius 3 is 2.85 bits per heavy atom. The fourth-order valence-corrected chi connectivity index (χ4v) is 2.41. The quantitative estimate of drug-likeness (QED) is 0.831. The summed E-state index contributed by atoms with van der Waals surface area (Å²) >= 11 is 6.00. The van der Waals surface area contributed by atoms with E-state index in [-0.39, 0.29) is 11.5 Å². The van der Waals surface area contributed by atoms with Gasteiger partial charge in [-0.25, -0.2) is 4.98 Å². The molecule has 110 valence electrons. The van der Waals surface area contributed by atoms with Crippen molar-refractivity contribution in [3.63, 3.8) is 0 Å². The minimum absolute atomic E-state index is 0.125. The molecule has 1 atom stereocenters. The predicted octanol–water partition coefficient (Wildman–Crippen LogP) is 3.37. The Labute approximate surface area is 124 Å². The van der Waals surface area contributed by atoms with E-state index in [0.29, 0.717) is 18.2 Å². The molecule has 20 heavy (non-hydrogen) atoms. The molecule has 0 saturated heterocycles. The third kappa shape index (κ3) is 4.20. The van der Waals surface area contributed by atoms with Crippen molar-refractivity contribution in [1.82, 2.24) is 10.3 Å². The van der Waals surface area contributed by atoms with Crippen LogP contribution in [0.1, 0.15) is 33.0 Å². The summed E-state index contributed by atoms with van der Waals surface area (Å²) in [5.74, 6) is 0.790. The van der Waals surface area contributed by atoms with Crippen molar-refractivity contribution in [3.05, 3.63) is 29.2 Å². The van der Waals surface area contributed by atoms with Gasteiger partial charge in [0.2, 0.25) is 0 Å². The van der Waals surface area contributed by atoms with Gasteiger partial charge in [0.1, 0.15) is 16.5 Å². The average molecular weight is 297 g/mol. The molecule has 0 aromatic carbocycles. The molecule has 0 amide bonds. The predicted molar refractivity (Wildman–Crippen MR) is 80.8 cm³/mol. The van der Waals surface area contributed by atoms with E-state index >= 15 is 0 Å². The summed E-state index contributed by atoms with van der Waals surface area (Å²) in [4.78, 5) is 4.01. The zero-order chi connectivity index (χ0) is 14.8. The van der Waals surface area contributed by atoms with E-state index in [9.17, 15) is 5.11 Å². The van der Waals surface area contributed by atoms with Crippen LogP contribution in [0.3, 0.4) is 0 Å². The van der Waals surface area contributed by atoms with Crippen LogP contribution in [0.4, 0.5) is 0 Å². The SMILES string of the molecule is CC(C)(C)C[C@H](O)CNCc1cc2c(Cl)nccc2o1. The summed E-state index contributed by atoms with van der Waals surface area (Å²) in [6, 6.07) is 3.67. The van der Waals surface area contributed by atoms with Crippen LogP contribution in [0, 0.1) is 5.41 Å². The van der Waals surface area contributed by atoms with Crippen LogP contribution in [0.15, 0.2) is 22.7 Å². The summed E-state index contributed by atoms with van der Waals surface area (Å²) in [7, 11) is 0. The molecule has 0 spiro atoms. The van der Waals surface area contributed by atoms with Gasteiger partial charge in [0.25, 0.3) is 0 Å². The molecule has 2 aromatic rings. The number of rotatable bonds is 5. The zero-order valence-corrected chi connectivity index (χ0v) is 12.9. The Kier molecular flexibility index (Phi) is 4.68. The first-order chi connectivity index (χ1) is 9.35. The molecule has 0 bridgehead atoms. The minimum atomic E-state index is -0.357. The van der Waals surface area contributed by atoms with Crippen molar-refractivity contribution in [2.24, 2.45) is 5.41 Å². The Morgan fingerprint density at radius 2 is 2.20 bits per heavy atom. The lowest BCUT2D eigenvalue weighted by Gasteiger charge is -2.22. The first kappa shape index (κ1) is 15.3. The van der Waals surface area contributed by atoms with Crippen LogP contribution in [0.5, 0.6) is 0 Å². The molecule has 4 nitrogen and oxygen atoms in total. The summed E-state index contributed by atoms with van der Waals surface area (Å²) < 4.78 is 5.66. The van der Waals surface area contributed by atoms with Gasteiger partial charge in [-0.3, -0.25) is 0 Å². The molecule has 0 fully saturated rings. The van der Waals surface area contributed by atoms with E-state index < -0.39 is 0 Å². The molecule has 2 rings (SSSR count). The second-order valence-electron chi connectivity index (χ2n) is 6.28. The number of aromatic nitrogens is 1. The molecule has 2 N–H and O–H groups in total. The normalized spacial score (nSPS) is 13.8. The van der Waals surface area contributed by atoms with Crippen LogP contribution in [-0.4, -0.2) is 22.7 Å². The van der Waals surface area contributed by atoms with Gasteiger partial charge in [-0.05, 0) is 24.0 Å². The lowest BCUT2D eigenvalue weighted by molar-refractivity contribution is 0.119. The number of furan rings is 1. The smallest absolute Gasteiger partial charge is 0.140 e. The number of nitrogens with zero attached hydrogens (tertiary/aromatic N) is 1. The van der Waals surface area contributed by atoms with Crippen molar-refractivity contribution in [1.29, 1.82) is 0 Å². The monoisotopic (exact) mass is 296 g/mol. The van der Waals surface area contributed by atoms with Gasteiger partial charge >= 0.3 is 0 Å². The maximum atomic E-state index is 9.92. The van der Waals surface area contributed by atoms with Crippen LogP contribution in [-0.2, 0) is 6.54 Å². The summed E-state index contributed by atoms with van der Waals surface area (Å²) in [5.41, 5.74) is 0.858. The first-order valence-electron chi connectivity index (χ1n) is 6.77. The third-order valence-corrected chi connectivity index (χ3v) is 3.28. The van der Waals surface area contributed by atoms with Gasteiger partial charge in [-0.2, -0.15) is 0 Å². The molecule has 2 aromatic heterocycles. The Morgan fingerprint density at radius 1 is 1.45 bits per heavy atom. The highest BCUT2D eigenvalue weighted by Gasteiger charge is 2.16. The zero-order valence-electron chi connectivity index (χ0n) is 12.1. The van der Waals surface area contributed by atoms with E-state index in [1.165, 1.54) is 0 Å². The van der Waals surface area contributed by atoms with E-state index in [4.69, 9.17) is 16.0 Å². The van der Waals surface area contributed by atoms with Gasteiger partial charge in [-0.15, -0.1) is 0 Å². The average Bonchev–Trinajstić information content (AvgIpc) is 2.71. The standard InChI is InChI=1S/C15H21ClN2O2/c1-15(2,3)7-10(19)8-17-9-11-6-12-13(20-11)4-5-18-14(12)16/h4-6,10,17,19H,7-9H2,1-3H3/t10-/m0/s1. The van der Waals surface area contributed by atoms with Gasteiger partial charge in [0.05, 0.1) is 18.0 Å². The molecule has 0 aliphatic heterocycles. The molecular formula is C15H21ClN2O2. The van der Waals surface area contributed by atoms with E-state index in [2.05, 4.69) is 31.1 Å². The third-order valence-electron chi connectivity index (χ3n) is 2.98. The minimum Gasteiger partial charge on any atom is -0.460 e. The van der Waals surface area contributed by atoms with Gasteiger partial charge in [0.15, 0.2) is 0 Å².